The zero-order chi connectivity index (χ0) is 8.43. The molecule has 0 radical (unpaired) electrons. The lowest BCUT2D eigenvalue weighted by Crippen LogP contribution is -2.20. The number of nitrogens with one attached hydrogen (secondary N) is 1. The summed E-state index contributed by atoms with van der Waals surface area (Å²) in [4.78, 5) is 11.1. The first kappa shape index (κ1) is 8.26. The van der Waals surface area contributed by atoms with Gasteiger partial charge in [-0.15, -0.1) is 0 Å². The molecule has 11 heavy (non-hydrogen) atoms. The van der Waals surface area contributed by atoms with Crippen LogP contribution in [0.5, 0.6) is 0 Å². The molecule has 1 aromatic rings. The third-order valence-corrected chi connectivity index (χ3v) is 1.70. The average Bonchev–Trinajstić information content (AvgIpc) is 2.28. The molecule has 0 unspecified atom stereocenters. The molecule has 0 spiro atoms. The third-order valence-electron chi connectivity index (χ3n) is 1.31. The Hall–Kier alpha value is -0.840. The first-order chi connectivity index (χ1) is 5.15. The minimum Gasteiger partial charge on any atom is -0.354 e. The van der Waals surface area contributed by atoms with Crippen molar-refractivity contribution in [1.29, 1.82) is 0 Å². The highest BCUT2D eigenvalue weighted by Crippen LogP contribution is 2.08. The summed E-state index contributed by atoms with van der Waals surface area (Å²) < 4.78 is 2.18. The zero-order valence-electron chi connectivity index (χ0n) is 6.26. The van der Waals surface area contributed by atoms with Gasteiger partial charge in [0.05, 0.1) is 0 Å². The molecule has 1 amide bonds. The standard InChI is InChI=1S/C6H8BrN3O/c1-8-6(11)4-3-5(7)9-10(4)2/h3H,1-2H3,(H,8,11). The molecule has 0 aliphatic heterocycles. The SMILES string of the molecule is CNC(=O)c1cc(Br)nn1C. The van der Waals surface area contributed by atoms with Crippen molar-refractivity contribution in [3.05, 3.63) is 16.4 Å². The van der Waals surface area contributed by atoms with Crippen molar-refractivity contribution in [2.45, 2.75) is 0 Å². The van der Waals surface area contributed by atoms with Gasteiger partial charge in [-0.25, -0.2) is 0 Å². The van der Waals surface area contributed by atoms with Crippen LogP contribution in [0.25, 0.3) is 0 Å². The lowest BCUT2D eigenvalue weighted by Gasteiger charge is -1.97. The van der Waals surface area contributed by atoms with Gasteiger partial charge in [-0.05, 0) is 15.9 Å². The molecule has 1 rings (SSSR count). The van der Waals surface area contributed by atoms with E-state index in [1.165, 1.54) is 4.68 Å². The van der Waals surface area contributed by atoms with E-state index in [1.807, 2.05) is 0 Å². The molecule has 5 heteroatoms. The molecule has 0 aliphatic carbocycles. The van der Waals surface area contributed by atoms with E-state index in [0.717, 1.165) is 0 Å². The summed E-state index contributed by atoms with van der Waals surface area (Å²) in [5.41, 5.74) is 0.541. The van der Waals surface area contributed by atoms with E-state index < -0.39 is 0 Å². The fourth-order valence-corrected chi connectivity index (χ4v) is 1.23. The average molecular weight is 218 g/mol. The predicted molar refractivity (Wildman–Crippen MR) is 44.3 cm³/mol. The van der Waals surface area contributed by atoms with E-state index in [2.05, 4.69) is 26.3 Å². The number of hydrogen-bond donors (Lipinski definition) is 1. The molecule has 60 valence electrons. The van der Waals surface area contributed by atoms with Crippen molar-refractivity contribution >= 4 is 21.8 Å². The number of halogens is 1. The lowest BCUT2D eigenvalue weighted by molar-refractivity contribution is 0.0954. The monoisotopic (exact) mass is 217 g/mol. The largest absolute Gasteiger partial charge is 0.354 e. The summed E-state index contributed by atoms with van der Waals surface area (Å²) in [5.74, 6) is -0.134. The van der Waals surface area contributed by atoms with Crippen LogP contribution in [0.4, 0.5) is 0 Å². The Morgan fingerprint density at radius 2 is 2.45 bits per heavy atom. The number of aromatic nitrogens is 2. The van der Waals surface area contributed by atoms with Crippen molar-refractivity contribution in [2.24, 2.45) is 7.05 Å². The van der Waals surface area contributed by atoms with E-state index >= 15 is 0 Å². The van der Waals surface area contributed by atoms with Crippen LogP contribution in [0, 0.1) is 0 Å². The molecule has 1 N–H and O–H groups in total. The fourth-order valence-electron chi connectivity index (χ4n) is 0.773. The lowest BCUT2D eigenvalue weighted by atomic mass is 10.4. The van der Waals surface area contributed by atoms with Gasteiger partial charge in [-0.1, -0.05) is 0 Å². The van der Waals surface area contributed by atoms with E-state index in [9.17, 15) is 4.79 Å². The maximum absolute atomic E-state index is 11.1. The molecule has 0 aromatic carbocycles. The van der Waals surface area contributed by atoms with E-state index in [1.54, 1.807) is 20.2 Å². The van der Waals surface area contributed by atoms with Gasteiger partial charge in [0.2, 0.25) is 0 Å². The van der Waals surface area contributed by atoms with Gasteiger partial charge >= 0.3 is 0 Å². The first-order valence-electron chi connectivity index (χ1n) is 3.06. The zero-order valence-corrected chi connectivity index (χ0v) is 7.84. The van der Waals surface area contributed by atoms with Gasteiger partial charge in [0.1, 0.15) is 10.3 Å². The van der Waals surface area contributed by atoms with Crippen molar-refractivity contribution in [1.82, 2.24) is 15.1 Å². The molecule has 1 heterocycles. The molecule has 0 aliphatic rings. The summed E-state index contributed by atoms with van der Waals surface area (Å²) in [6.07, 6.45) is 0. The number of aryl methyl sites for hydroxylation is 1. The topological polar surface area (TPSA) is 46.9 Å². The number of amides is 1. The van der Waals surface area contributed by atoms with Crippen LogP contribution in [-0.4, -0.2) is 22.7 Å². The van der Waals surface area contributed by atoms with Crippen LogP contribution in [0.3, 0.4) is 0 Å². The molecular formula is C6H8BrN3O. The quantitative estimate of drug-likeness (QED) is 0.747. The van der Waals surface area contributed by atoms with Crippen LogP contribution >= 0.6 is 15.9 Å². The van der Waals surface area contributed by atoms with Gasteiger partial charge < -0.3 is 5.32 Å². The number of nitrogens with zero attached hydrogens (tertiary/aromatic N) is 2. The summed E-state index contributed by atoms with van der Waals surface area (Å²) >= 11 is 3.17. The highest BCUT2D eigenvalue weighted by molar-refractivity contribution is 9.10. The van der Waals surface area contributed by atoms with Gasteiger partial charge in [-0.2, -0.15) is 5.10 Å². The number of carbonyl (C=O) groups excluding carboxylic acids is 1. The maximum Gasteiger partial charge on any atom is 0.269 e. The maximum atomic E-state index is 11.1. The molecule has 0 fully saturated rings. The van der Waals surface area contributed by atoms with Gasteiger partial charge in [0, 0.05) is 20.2 Å². The normalized spacial score (nSPS) is 9.73. The van der Waals surface area contributed by atoms with Crippen LogP contribution < -0.4 is 5.32 Å². The third kappa shape index (κ3) is 1.59. The number of rotatable bonds is 1. The summed E-state index contributed by atoms with van der Waals surface area (Å²) in [7, 11) is 3.30. The minimum absolute atomic E-state index is 0.134. The number of hydrogen-bond acceptors (Lipinski definition) is 2. The Kier molecular flexibility index (Phi) is 2.28. The van der Waals surface area contributed by atoms with E-state index in [4.69, 9.17) is 0 Å². The Balaban J connectivity index is 3.03. The molecule has 0 saturated carbocycles. The minimum atomic E-state index is -0.134. The van der Waals surface area contributed by atoms with E-state index in [-0.39, 0.29) is 5.91 Å². The molecule has 0 saturated heterocycles. The van der Waals surface area contributed by atoms with Crippen LogP contribution in [0.1, 0.15) is 10.5 Å². The van der Waals surface area contributed by atoms with Crippen LogP contribution in [0.2, 0.25) is 0 Å². The Labute approximate surface area is 72.7 Å². The van der Waals surface area contributed by atoms with Crippen molar-refractivity contribution < 1.29 is 4.79 Å². The predicted octanol–water partition coefficient (Wildman–Crippen LogP) is 0.542. The molecule has 0 atom stereocenters. The molecule has 1 aromatic heterocycles. The van der Waals surface area contributed by atoms with Crippen molar-refractivity contribution in [3.8, 4) is 0 Å². The summed E-state index contributed by atoms with van der Waals surface area (Å²) in [6, 6.07) is 1.67. The van der Waals surface area contributed by atoms with Crippen LogP contribution in [-0.2, 0) is 7.05 Å². The Morgan fingerprint density at radius 3 is 2.82 bits per heavy atom. The Bertz CT molecular complexity index is 281. The second-order valence-electron chi connectivity index (χ2n) is 2.06. The van der Waals surface area contributed by atoms with Crippen molar-refractivity contribution in [3.63, 3.8) is 0 Å². The second kappa shape index (κ2) is 3.04. The van der Waals surface area contributed by atoms with Gasteiger partial charge in [0.25, 0.3) is 5.91 Å². The van der Waals surface area contributed by atoms with E-state index in [0.29, 0.717) is 10.3 Å². The molecular weight excluding hydrogens is 210 g/mol. The number of carbonyl (C=O) groups is 1. The smallest absolute Gasteiger partial charge is 0.269 e. The van der Waals surface area contributed by atoms with Gasteiger partial charge in [0.15, 0.2) is 0 Å². The molecule has 4 nitrogen and oxygen atoms in total. The van der Waals surface area contributed by atoms with Crippen LogP contribution in [0.15, 0.2) is 10.7 Å². The fraction of sp³-hybridized carbons (Fsp3) is 0.333. The highest BCUT2D eigenvalue weighted by Gasteiger charge is 2.09. The Morgan fingerprint density at radius 1 is 1.82 bits per heavy atom. The summed E-state index contributed by atoms with van der Waals surface area (Å²) in [6.45, 7) is 0. The highest BCUT2D eigenvalue weighted by atomic mass is 79.9. The van der Waals surface area contributed by atoms with Gasteiger partial charge in [-0.3, -0.25) is 9.48 Å². The summed E-state index contributed by atoms with van der Waals surface area (Å²) in [5, 5.41) is 6.47. The molecule has 0 bridgehead atoms. The second-order valence-corrected chi connectivity index (χ2v) is 2.87. The first-order valence-corrected chi connectivity index (χ1v) is 3.86. The van der Waals surface area contributed by atoms with Crippen molar-refractivity contribution in [2.75, 3.05) is 7.05 Å².